The molecule has 0 radical (unpaired) electrons. The lowest BCUT2D eigenvalue weighted by Crippen LogP contribution is -2.33. The third kappa shape index (κ3) is 3.91. The molecule has 0 saturated heterocycles. The highest BCUT2D eigenvalue weighted by Gasteiger charge is 2.31. The van der Waals surface area contributed by atoms with Crippen molar-refractivity contribution in [2.24, 2.45) is 5.92 Å². The smallest absolute Gasteiger partial charge is 0.328 e. The van der Waals surface area contributed by atoms with E-state index in [0.29, 0.717) is 11.5 Å². The molecule has 1 saturated carbocycles. The fourth-order valence-corrected chi connectivity index (χ4v) is 3.24. The van der Waals surface area contributed by atoms with Crippen molar-refractivity contribution in [1.82, 2.24) is 4.72 Å². The first-order valence-electron chi connectivity index (χ1n) is 6.42. The standard InChI is InChI=1S/C14H17NO4S/c1-10(12-5-6-12)15-20(18,19)13-7-2-11(3-8-13)4-9-14(16)17/h2-4,7-10,12,15H,5-6H2,1H3,(H,16,17)/b9-4+. The highest BCUT2D eigenvalue weighted by atomic mass is 32.2. The molecule has 1 aliphatic carbocycles. The average molecular weight is 295 g/mol. The van der Waals surface area contributed by atoms with Crippen LogP contribution in [0.5, 0.6) is 0 Å². The summed E-state index contributed by atoms with van der Waals surface area (Å²) in [5.74, 6) is -0.593. The molecule has 1 aromatic carbocycles. The number of nitrogens with one attached hydrogen (secondary N) is 1. The van der Waals surface area contributed by atoms with E-state index in [1.54, 1.807) is 12.1 Å². The van der Waals surface area contributed by atoms with E-state index in [9.17, 15) is 13.2 Å². The SMILES string of the molecule is CC(NS(=O)(=O)c1ccc(/C=C/C(=O)O)cc1)C1CC1. The van der Waals surface area contributed by atoms with Gasteiger partial charge in [-0.2, -0.15) is 0 Å². The lowest BCUT2D eigenvalue weighted by molar-refractivity contribution is -0.131. The fraction of sp³-hybridized carbons (Fsp3) is 0.357. The molecule has 5 nitrogen and oxygen atoms in total. The van der Waals surface area contributed by atoms with E-state index >= 15 is 0 Å². The molecule has 1 fully saturated rings. The summed E-state index contributed by atoms with van der Waals surface area (Å²) >= 11 is 0. The van der Waals surface area contributed by atoms with Crippen molar-refractivity contribution in [2.75, 3.05) is 0 Å². The molecule has 0 spiro atoms. The van der Waals surface area contributed by atoms with Crippen LogP contribution in [0.4, 0.5) is 0 Å². The maximum atomic E-state index is 12.1. The van der Waals surface area contributed by atoms with E-state index < -0.39 is 16.0 Å². The Labute approximate surface area is 118 Å². The van der Waals surface area contributed by atoms with Crippen LogP contribution in [0.3, 0.4) is 0 Å². The van der Waals surface area contributed by atoms with Gasteiger partial charge in [0.15, 0.2) is 0 Å². The zero-order valence-electron chi connectivity index (χ0n) is 11.1. The van der Waals surface area contributed by atoms with Gasteiger partial charge < -0.3 is 5.11 Å². The predicted molar refractivity (Wildman–Crippen MR) is 75.6 cm³/mol. The molecule has 1 atom stereocenters. The van der Waals surface area contributed by atoms with Gasteiger partial charge in [-0.25, -0.2) is 17.9 Å². The first kappa shape index (κ1) is 14.7. The largest absolute Gasteiger partial charge is 0.478 e. The molecule has 0 aliphatic heterocycles. The molecule has 0 bridgehead atoms. The normalized spacial score (nSPS) is 17.2. The zero-order chi connectivity index (χ0) is 14.8. The Balaban J connectivity index is 2.09. The quantitative estimate of drug-likeness (QED) is 0.785. The van der Waals surface area contributed by atoms with Gasteiger partial charge in [0, 0.05) is 12.1 Å². The van der Waals surface area contributed by atoms with Crippen molar-refractivity contribution >= 4 is 22.1 Å². The first-order chi connectivity index (χ1) is 9.38. The fourth-order valence-electron chi connectivity index (χ4n) is 1.93. The maximum Gasteiger partial charge on any atom is 0.328 e. The van der Waals surface area contributed by atoms with Crippen LogP contribution in [0.2, 0.25) is 0 Å². The van der Waals surface area contributed by atoms with Crippen molar-refractivity contribution in [3.05, 3.63) is 35.9 Å². The third-order valence-corrected chi connectivity index (χ3v) is 4.85. The van der Waals surface area contributed by atoms with E-state index in [1.807, 2.05) is 6.92 Å². The van der Waals surface area contributed by atoms with Crippen LogP contribution in [-0.4, -0.2) is 25.5 Å². The van der Waals surface area contributed by atoms with E-state index in [0.717, 1.165) is 18.9 Å². The van der Waals surface area contributed by atoms with Gasteiger partial charge in [-0.15, -0.1) is 0 Å². The predicted octanol–water partition coefficient (Wildman–Crippen LogP) is 1.86. The Hall–Kier alpha value is -1.66. The van der Waals surface area contributed by atoms with Gasteiger partial charge >= 0.3 is 5.97 Å². The second kappa shape index (κ2) is 5.76. The Bertz CT molecular complexity index is 615. The van der Waals surface area contributed by atoms with Crippen molar-refractivity contribution < 1.29 is 18.3 Å². The maximum absolute atomic E-state index is 12.1. The van der Waals surface area contributed by atoms with Crippen molar-refractivity contribution in [3.8, 4) is 0 Å². The van der Waals surface area contributed by atoms with Crippen LogP contribution in [0.1, 0.15) is 25.3 Å². The van der Waals surface area contributed by atoms with Crippen LogP contribution in [-0.2, 0) is 14.8 Å². The van der Waals surface area contributed by atoms with Crippen molar-refractivity contribution in [2.45, 2.75) is 30.7 Å². The van der Waals surface area contributed by atoms with Gasteiger partial charge in [0.05, 0.1) is 4.90 Å². The molecule has 1 aliphatic rings. The molecule has 20 heavy (non-hydrogen) atoms. The number of benzene rings is 1. The van der Waals surface area contributed by atoms with Gasteiger partial charge in [-0.1, -0.05) is 12.1 Å². The van der Waals surface area contributed by atoms with E-state index in [2.05, 4.69) is 4.72 Å². The number of hydrogen-bond donors (Lipinski definition) is 2. The topological polar surface area (TPSA) is 83.5 Å². The first-order valence-corrected chi connectivity index (χ1v) is 7.90. The summed E-state index contributed by atoms with van der Waals surface area (Å²) in [6.45, 7) is 1.87. The van der Waals surface area contributed by atoms with Crippen LogP contribution in [0, 0.1) is 5.92 Å². The minimum atomic E-state index is -3.50. The molecule has 0 aromatic heterocycles. The van der Waals surface area contributed by atoms with Crippen molar-refractivity contribution in [3.63, 3.8) is 0 Å². The number of carboxylic acid groups (broad SMARTS) is 1. The minimum Gasteiger partial charge on any atom is -0.478 e. The minimum absolute atomic E-state index is 0.0495. The average Bonchev–Trinajstić information content (AvgIpc) is 3.20. The monoisotopic (exact) mass is 295 g/mol. The Morgan fingerprint density at radius 3 is 2.45 bits per heavy atom. The molecular weight excluding hydrogens is 278 g/mol. The molecule has 0 heterocycles. The molecule has 1 aromatic rings. The number of aliphatic carboxylic acids is 1. The second-order valence-corrected chi connectivity index (χ2v) is 6.70. The summed E-state index contributed by atoms with van der Waals surface area (Å²) in [5, 5.41) is 8.52. The molecule has 0 amide bonds. The summed E-state index contributed by atoms with van der Waals surface area (Å²) < 4.78 is 26.9. The zero-order valence-corrected chi connectivity index (χ0v) is 11.9. The van der Waals surface area contributed by atoms with E-state index in [1.165, 1.54) is 18.2 Å². The van der Waals surface area contributed by atoms with E-state index in [-0.39, 0.29) is 10.9 Å². The van der Waals surface area contributed by atoms with Gasteiger partial charge in [-0.3, -0.25) is 0 Å². The van der Waals surface area contributed by atoms with Gasteiger partial charge in [0.2, 0.25) is 10.0 Å². The lowest BCUT2D eigenvalue weighted by Gasteiger charge is -2.13. The van der Waals surface area contributed by atoms with Crippen LogP contribution in [0.15, 0.2) is 35.2 Å². The number of rotatable bonds is 6. The van der Waals surface area contributed by atoms with Crippen LogP contribution in [0.25, 0.3) is 6.08 Å². The van der Waals surface area contributed by atoms with E-state index in [4.69, 9.17) is 5.11 Å². The highest BCUT2D eigenvalue weighted by molar-refractivity contribution is 7.89. The number of hydrogen-bond acceptors (Lipinski definition) is 3. The second-order valence-electron chi connectivity index (χ2n) is 4.99. The molecule has 2 rings (SSSR count). The number of carboxylic acids is 1. The molecular formula is C14H17NO4S. The summed E-state index contributed by atoms with van der Waals surface area (Å²) in [4.78, 5) is 10.6. The summed E-state index contributed by atoms with van der Waals surface area (Å²) in [6, 6.07) is 6.06. The Morgan fingerprint density at radius 2 is 1.95 bits per heavy atom. The van der Waals surface area contributed by atoms with Gasteiger partial charge in [0.25, 0.3) is 0 Å². The van der Waals surface area contributed by atoms with Crippen molar-refractivity contribution in [1.29, 1.82) is 0 Å². The van der Waals surface area contributed by atoms with Crippen LogP contribution >= 0.6 is 0 Å². The van der Waals surface area contributed by atoms with Gasteiger partial charge in [0.1, 0.15) is 0 Å². The Morgan fingerprint density at radius 1 is 1.35 bits per heavy atom. The third-order valence-electron chi connectivity index (χ3n) is 3.28. The summed E-state index contributed by atoms with van der Waals surface area (Å²) in [6.07, 6.45) is 4.57. The van der Waals surface area contributed by atoms with Crippen LogP contribution < -0.4 is 4.72 Å². The summed E-state index contributed by atoms with van der Waals surface area (Å²) in [5.41, 5.74) is 0.640. The molecule has 2 N–H and O–H groups in total. The lowest BCUT2D eigenvalue weighted by atomic mass is 10.2. The summed E-state index contributed by atoms with van der Waals surface area (Å²) in [7, 11) is -3.50. The molecule has 1 unspecified atom stereocenters. The highest BCUT2D eigenvalue weighted by Crippen LogP contribution is 2.33. The number of carbonyl (C=O) groups is 1. The Kier molecular flexibility index (Phi) is 4.25. The number of sulfonamides is 1. The van der Waals surface area contributed by atoms with Gasteiger partial charge in [-0.05, 0) is 49.5 Å². The molecule has 108 valence electrons. The molecule has 6 heteroatoms.